The molecule has 1 aromatic heterocycles. The number of anilines is 1. The first-order valence-corrected chi connectivity index (χ1v) is 8.89. The van der Waals surface area contributed by atoms with Crippen LogP contribution in [0.3, 0.4) is 0 Å². The fraction of sp³-hybridized carbons (Fsp3) is 0.250. The molecule has 2 aromatic carbocycles. The van der Waals surface area contributed by atoms with Crippen molar-refractivity contribution in [3.05, 3.63) is 64.6 Å². The zero-order valence-electron chi connectivity index (χ0n) is 14.7. The average Bonchev–Trinajstić information content (AvgIpc) is 2.71. The first-order chi connectivity index (χ1) is 13.1. The van der Waals surface area contributed by atoms with E-state index in [0.29, 0.717) is 15.0 Å². The van der Waals surface area contributed by atoms with Gasteiger partial charge in [0.2, 0.25) is 0 Å². The van der Waals surface area contributed by atoms with Crippen molar-refractivity contribution in [2.24, 2.45) is 5.73 Å². The lowest BCUT2D eigenvalue weighted by Gasteiger charge is -2.31. The maximum absolute atomic E-state index is 13.0. The Hall–Kier alpha value is -3.37. The number of rotatable bonds is 2. The van der Waals surface area contributed by atoms with Crippen molar-refractivity contribution in [1.82, 2.24) is 0 Å². The molecule has 0 bridgehead atoms. The van der Waals surface area contributed by atoms with Crippen LogP contribution in [0.25, 0.3) is 22.3 Å². The minimum Gasteiger partial charge on any atom is -0.617 e. The average molecular weight is 361 g/mol. The molecule has 1 saturated heterocycles. The topological polar surface area (TPSA) is 107 Å². The van der Waals surface area contributed by atoms with Crippen LogP contribution in [-0.4, -0.2) is 19.1 Å². The molecule has 3 aromatic rings. The van der Waals surface area contributed by atoms with Gasteiger partial charge in [-0.25, -0.2) is 0 Å². The summed E-state index contributed by atoms with van der Waals surface area (Å²) in [6.07, 6.45) is 1.76. The number of benzene rings is 2. The van der Waals surface area contributed by atoms with Gasteiger partial charge in [-0.15, -0.1) is 4.73 Å². The Morgan fingerprint density at radius 3 is 2.37 bits per heavy atom. The summed E-state index contributed by atoms with van der Waals surface area (Å²) in [5.41, 5.74) is 7.63. The third-order valence-corrected chi connectivity index (χ3v) is 5.08. The standard InChI is InChI=1S/C20H19N5O2/c21-13-19-20(14-4-2-1-3-5-14)25(27)17-7-6-16(12-18(17)24(19)26)23-10-8-15(22)9-11-23/h1-7,12,15H,8-11,22H2. The molecule has 2 N–H and O–H groups in total. The first-order valence-electron chi connectivity index (χ1n) is 8.89. The van der Waals surface area contributed by atoms with Crippen molar-refractivity contribution >= 4 is 16.7 Å². The van der Waals surface area contributed by atoms with Gasteiger partial charge in [0.25, 0.3) is 11.0 Å². The van der Waals surface area contributed by atoms with Crippen LogP contribution in [0.1, 0.15) is 18.5 Å². The van der Waals surface area contributed by atoms with Gasteiger partial charge in [0.15, 0.2) is 6.07 Å². The quantitative estimate of drug-likeness (QED) is 0.551. The highest BCUT2D eigenvalue weighted by Gasteiger charge is 2.30. The van der Waals surface area contributed by atoms with Crippen molar-refractivity contribution in [2.75, 3.05) is 18.0 Å². The summed E-state index contributed by atoms with van der Waals surface area (Å²) >= 11 is 0. The summed E-state index contributed by atoms with van der Waals surface area (Å²) in [5, 5.41) is 35.4. The van der Waals surface area contributed by atoms with Gasteiger partial charge in [-0.2, -0.15) is 9.99 Å². The van der Waals surface area contributed by atoms with E-state index < -0.39 is 0 Å². The van der Waals surface area contributed by atoms with E-state index in [0.717, 1.165) is 31.6 Å². The van der Waals surface area contributed by atoms with Crippen LogP contribution in [0.2, 0.25) is 0 Å². The molecule has 0 atom stereocenters. The lowest BCUT2D eigenvalue weighted by Crippen LogP contribution is -2.44. The van der Waals surface area contributed by atoms with Gasteiger partial charge in [0, 0.05) is 37.0 Å². The van der Waals surface area contributed by atoms with Gasteiger partial charge in [-0.3, -0.25) is 0 Å². The van der Waals surface area contributed by atoms with Crippen LogP contribution < -0.4 is 20.1 Å². The highest BCUT2D eigenvalue weighted by molar-refractivity contribution is 5.76. The fourth-order valence-corrected chi connectivity index (χ4v) is 3.58. The van der Waals surface area contributed by atoms with E-state index in [1.54, 1.807) is 36.4 Å². The van der Waals surface area contributed by atoms with Gasteiger partial charge < -0.3 is 21.0 Å². The Labute approximate surface area is 156 Å². The molecule has 7 nitrogen and oxygen atoms in total. The van der Waals surface area contributed by atoms with E-state index in [-0.39, 0.29) is 28.5 Å². The number of aromatic nitrogens is 2. The van der Waals surface area contributed by atoms with Gasteiger partial charge in [0.05, 0.1) is 5.56 Å². The molecule has 1 fully saturated rings. The summed E-state index contributed by atoms with van der Waals surface area (Å²) in [6, 6.07) is 16.0. The van der Waals surface area contributed by atoms with Crippen LogP contribution in [0.15, 0.2) is 48.5 Å². The second-order valence-corrected chi connectivity index (χ2v) is 6.76. The number of hydrogen-bond acceptors (Lipinski definition) is 5. The molecule has 0 radical (unpaired) electrons. The van der Waals surface area contributed by atoms with Crippen LogP contribution in [0, 0.1) is 21.7 Å². The predicted octanol–water partition coefficient (Wildman–Crippen LogP) is 1.57. The van der Waals surface area contributed by atoms with Crippen molar-refractivity contribution in [3.8, 4) is 17.3 Å². The van der Waals surface area contributed by atoms with Crippen molar-refractivity contribution in [3.63, 3.8) is 0 Å². The highest BCUT2D eigenvalue weighted by atomic mass is 16.5. The van der Waals surface area contributed by atoms with E-state index in [1.165, 1.54) is 0 Å². The minimum atomic E-state index is -0.207. The largest absolute Gasteiger partial charge is 0.617 e. The second-order valence-electron chi connectivity index (χ2n) is 6.76. The van der Waals surface area contributed by atoms with E-state index in [4.69, 9.17) is 5.73 Å². The zero-order chi connectivity index (χ0) is 19.0. The van der Waals surface area contributed by atoms with Crippen LogP contribution in [0.4, 0.5) is 5.69 Å². The number of nitrogens with two attached hydrogens (primary N) is 1. The van der Waals surface area contributed by atoms with Crippen LogP contribution in [0.5, 0.6) is 0 Å². The first kappa shape index (κ1) is 17.1. The van der Waals surface area contributed by atoms with E-state index in [9.17, 15) is 15.7 Å². The minimum absolute atomic E-state index is 0.0669. The van der Waals surface area contributed by atoms with Gasteiger partial charge in [-0.1, -0.05) is 18.2 Å². The zero-order valence-corrected chi connectivity index (χ0v) is 14.7. The third kappa shape index (κ3) is 2.90. The Kier molecular flexibility index (Phi) is 4.26. The highest BCUT2D eigenvalue weighted by Crippen LogP contribution is 2.25. The molecule has 0 amide bonds. The molecule has 136 valence electrons. The third-order valence-electron chi connectivity index (χ3n) is 5.08. The van der Waals surface area contributed by atoms with Crippen molar-refractivity contribution in [2.45, 2.75) is 18.9 Å². The summed E-state index contributed by atoms with van der Waals surface area (Å²) in [6.45, 7) is 1.60. The molecule has 1 aliphatic heterocycles. The lowest BCUT2D eigenvalue weighted by molar-refractivity contribution is -0.622. The molecule has 0 spiro atoms. The SMILES string of the molecule is N#Cc1c(-c2ccccc2)[n+]([O-])c2ccc(N3CCC(N)CC3)cc2[n+]1[O-]. The molecule has 1 aliphatic rings. The normalized spacial score (nSPS) is 15.0. The molecular weight excluding hydrogens is 342 g/mol. The maximum Gasteiger partial charge on any atom is 0.369 e. The molecule has 7 heteroatoms. The van der Waals surface area contributed by atoms with Gasteiger partial charge in [-0.05, 0) is 31.0 Å². The summed E-state index contributed by atoms with van der Waals surface area (Å²) in [4.78, 5) is 2.15. The van der Waals surface area contributed by atoms with Crippen molar-refractivity contribution in [1.29, 1.82) is 5.26 Å². The van der Waals surface area contributed by atoms with Gasteiger partial charge >= 0.3 is 11.4 Å². The molecule has 2 heterocycles. The maximum atomic E-state index is 13.0. The monoisotopic (exact) mass is 361 g/mol. The molecule has 0 aliphatic carbocycles. The predicted molar refractivity (Wildman–Crippen MR) is 101 cm³/mol. The van der Waals surface area contributed by atoms with Crippen LogP contribution >= 0.6 is 0 Å². The molecule has 27 heavy (non-hydrogen) atoms. The number of piperidine rings is 1. The number of nitrogens with zero attached hydrogens (tertiary/aromatic N) is 4. The Bertz CT molecular complexity index is 1040. The lowest BCUT2D eigenvalue weighted by atomic mass is 10.1. The molecular formula is C20H19N5O2. The molecule has 0 saturated carbocycles. The smallest absolute Gasteiger partial charge is 0.369 e. The summed E-state index contributed by atoms with van der Waals surface area (Å²) in [7, 11) is 0. The second kappa shape index (κ2) is 6.74. The van der Waals surface area contributed by atoms with Gasteiger partial charge in [0.1, 0.15) is 0 Å². The van der Waals surface area contributed by atoms with Crippen molar-refractivity contribution < 1.29 is 9.46 Å². The summed E-state index contributed by atoms with van der Waals surface area (Å²) < 4.78 is 1.23. The Morgan fingerprint density at radius 1 is 1.00 bits per heavy atom. The van der Waals surface area contributed by atoms with Crippen LogP contribution in [-0.2, 0) is 0 Å². The Balaban J connectivity index is 1.89. The molecule has 4 rings (SSSR count). The van der Waals surface area contributed by atoms with E-state index in [2.05, 4.69) is 4.90 Å². The Morgan fingerprint density at radius 2 is 1.70 bits per heavy atom. The molecule has 0 unspecified atom stereocenters. The summed E-state index contributed by atoms with van der Waals surface area (Å²) in [5.74, 6) is 0. The van der Waals surface area contributed by atoms with E-state index in [1.807, 2.05) is 18.2 Å². The van der Waals surface area contributed by atoms with E-state index >= 15 is 0 Å². The number of nitriles is 1. The fourth-order valence-electron chi connectivity index (χ4n) is 3.58. The number of fused-ring (bicyclic) bond motifs is 1. The number of hydrogen-bond donors (Lipinski definition) is 1.